The Morgan fingerprint density at radius 3 is 1.17 bits per heavy atom. The van der Waals surface area contributed by atoms with Gasteiger partial charge in [-0.2, -0.15) is 0 Å². The molecule has 1 aromatic heterocycles. The molecule has 676 valence electrons. The summed E-state index contributed by atoms with van der Waals surface area (Å²) in [4.78, 5) is 13.3. The zero-order chi connectivity index (χ0) is 94.8. The lowest BCUT2D eigenvalue weighted by Gasteiger charge is -2.50. The van der Waals surface area contributed by atoms with Crippen molar-refractivity contribution in [2.75, 3.05) is 24.3 Å². The Morgan fingerprint density at radius 2 is 0.617 bits per heavy atom. The highest BCUT2D eigenvalue weighted by Crippen LogP contribution is 2.62. The lowest BCUT2D eigenvalue weighted by Crippen LogP contribution is -2.62. The van der Waals surface area contributed by atoms with Crippen LogP contribution in [0.1, 0.15) is 128 Å². The van der Waals surface area contributed by atoms with Crippen molar-refractivity contribution in [2.45, 2.75) is 122 Å². The predicted octanol–water partition coefficient (Wildman–Crippen LogP) is 33.9. The molecule has 0 saturated heterocycles. The van der Waals surface area contributed by atoms with Gasteiger partial charge in [-0.25, -0.2) is 0 Å². The van der Waals surface area contributed by atoms with Gasteiger partial charge in [0.2, 0.25) is 0 Å². The second-order valence-electron chi connectivity index (χ2n) is 43.5. The molecule has 141 heavy (non-hydrogen) atoms. The van der Waals surface area contributed by atoms with Crippen molar-refractivity contribution < 1.29 is 0 Å². The van der Waals surface area contributed by atoms with Gasteiger partial charge in [-0.3, -0.25) is 0 Å². The van der Waals surface area contributed by atoms with Gasteiger partial charge in [0.05, 0.1) is 10.4 Å². The maximum Gasteiger partial charge on any atom is 0.333 e. The van der Waals surface area contributed by atoms with Gasteiger partial charge in [-0.15, -0.1) is 11.3 Å². The average molecular weight is 1830 g/mol. The van der Waals surface area contributed by atoms with Crippen LogP contribution in [-0.2, 0) is 27.1 Å². The van der Waals surface area contributed by atoms with Crippen LogP contribution in [0.25, 0.3) is 120 Å². The van der Waals surface area contributed by atoms with Crippen molar-refractivity contribution >= 4 is 141 Å². The van der Waals surface area contributed by atoms with E-state index in [4.69, 9.17) is 0 Å². The third-order valence-corrected chi connectivity index (χ3v) is 34.3. The van der Waals surface area contributed by atoms with Crippen molar-refractivity contribution in [1.82, 2.24) is 0 Å². The van der Waals surface area contributed by atoms with E-state index in [1.54, 1.807) is 0 Å². The molecule has 0 saturated carbocycles. The first-order chi connectivity index (χ1) is 68.6. The topological polar surface area (TPSA) is 16.2 Å². The van der Waals surface area contributed by atoms with Gasteiger partial charge in [0.1, 0.15) is 0 Å². The molecule has 7 aliphatic rings. The molecule has 8 heteroatoms. The first-order valence-corrected chi connectivity index (χ1v) is 51.3. The number of hydrogen-bond acceptors (Lipinski definition) is 6. The summed E-state index contributed by atoms with van der Waals surface area (Å²) in [6, 6.07) is 160. The molecule has 0 amide bonds. The summed E-state index contributed by atoms with van der Waals surface area (Å²) in [7, 11) is 0. The second kappa shape index (κ2) is 31.8. The minimum atomic E-state index is -0.452. The zero-order valence-electron chi connectivity index (χ0n) is 81.5. The van der Waals surface area contributed by atoms with Crippen LogP contribution in [0.3, 0.4) is 0 Å². The number of para-hydroxylation sites is 2. The van der Waals surface area contributed by atoms with Crippen molar-refractivity contribution in [3.63, 3.8) is 0 Å². The maximum atomic E-state index is 2.82. The summed E-state index contributed by atoms with van der Waals surface area (Å²) in [5, 5.41) is 2.52. The van der Waals surface area contributed by atoms with Gasteiger partial charge in [0.25, 0.3) is 0 Å². The molecule has 3 aliphatic carbocycles. The zero-order valence-corrected chi connectivity index (χ0v) is 82.3. The van der Waals surface area contributed by atoms with E-state index in [0.717, 1.165) is 82.3 Å². The Morgan fingerprint density at radius 1 is 0.241 bits per heavy atom. The van der Waals surface area contributed by atoms with Crippen LogP contribution in [0.5, 0.6) is 0 Å². The third-order valence-electron chi connectivity index (χ3n) is 33.1. The van der Waals surface area contributed by atoms with Crippen LogP contribution in [0.2, 0.25) is 0 Å². The Bertz CT molecular complexity index is 8440. The van der Waals surface area contributed by atoms with Crippen LogP contribution in [0.15, 0.2) is 419 Å². The van der Waals surface area contributed by atoms with Gasteiger partial charge in [-0.1, -0.05) is 348 Å². The summed E-state index contributed by atoms with van der Waals surface area (Å²) in [6.07, 6.45) is 4.51. The average Bonchev–Trinajstić information content (AvgIpc) is 1.62. The monoisotopic (exact) mass is 1830 g/mol. The van der Waals surface area contributed by atoms with E-state index in [0.29, 0.717) is 0 Å². The van der Waals surface area contributed by atoms with E-state index in [-0.39, 0.29) is 35.4 Å². The largest absolute Gasteiger partial charge is 0.376 e. The number of fused-ring (bicyclic) bond motifs is 18. The van der Waals surface area contributed by atoms with Crippen LogP contribution in [0.4, 0.5) is 73.9 Å². The Labute approximate surface area is 833 Å². The molecule has 4 aliphatic heterocycles. The fourth-order valence-electron chi connectivity index (χ4n) is 25.5. The van der Waals surface area contributed by atoms with Crippen LogP contribution < -0.4 is 46.2 Å². The lowest BCUT2D eigenvalue weighted by atomic mass is 9.42. The van der Waals surface area contributed by atoms with Crippen molar-refractivity contribution in [3.05, 3.63) is 452 Å². The molecule has 5 nitrogen and oxygen atoms in total. The summed E-state index contributed by atoms with van der Waals surface area (Å²) in [5.41, 5.74) is 50.2. The molecule has 0 spiro atoms. The number of thiophene rings is 1. The minimum absolute atomic E-state index is 0.0185. The first-order valence-electron chi connectivity index (χ1n) is 50.5. The highest BCUT2D eigenvalue weighted by Gasteiger charge is 2.54. The second-order valence-corrected chi connectivity index (χ2v) is 44.5. The molecule has 5 heterocycles. The molecular weight excluding hydrogens is 1720 g/mol. The standard InChI is InChI=1S/C133H107B2N5S/c1-129(2)71-72-130(3,4)113-79-102(64-67-112(113)129)140-118-68-56-94(86-35-21-13-22-36-86)76-105(118)108-80-107-104-75-93(55-66-111(104)133(9,10)123(107)126-124(108)135(140)117-82-114-115(132(7,8)74-73-131(114,5)6)83-121(117)138(126)99-60-51-90(52-61-99)85-33-19-12-20-34-85)92-47-45-88(46-48-92)91-53-62-100(63-54-91)139-119-70-65-101(136(96-39-25-15-26-40-96)97-41-27-16-28-42-97)78-106(119)109-81-110-103-43-29-30-44-122(103)141-128(110)127-125(109)134(139)116-77-95(87-37-23-14-24-38-87)57-69-120(116)137(127)98-58-49-89(50-59-98)84-31-17-11-18-32-84/h11-70,75-83H,71-74H2,1-10H3. The third kappa shape index (κ3) is 13.3. The number of rotatable bonds is 13. The molecule has 19 aromatic carbocycles. The summed E-state index contributed by atoms with van der Waals surface area (Å²) < 4.78 is 2.53. The fraction of sp³-hybridized carbons (Fsp3) is 0.143. The fourth-order valence-corrected chi connectivity index (χ4v) is 26.7. The molecule has 0 bridgehead atoms. The molecule has 0 fully saturated rings. The van der Waals surface area contributed by atoms with Crippen molar-refractivity contribution in [2.24, 2.45) is 0 Å². The Balaban J connectivity index is 0.624. The molecule has 0 unspecified atom stereocenters. The summed E-state index contributed by atoms with van der Waals surface area (Å²) in [5.74, 6) is 0. The van der Waals surface area contributed by atoms with Crippen molar-refractivity contribution in [3.8, 4) is 100 Å². The number of nitrogens with zero attached hydrogens (tertiary/aromatic N) is 5. The van der Waals surface area contributed by atoms with E-state index in [2.05, 4.69) is 512 Å². The van der Waals surface area contributed by atoms with Crippen LogP contribution in [0, 0.1) is 0 Å². The predicted molar refractivity (Wildman–Crippen MR) is 602 cm³/mol. The summed E-state index contributed by atoms with van der Waals surface area (Å²) in [6.45, 7) is 24.6. The molecule has 0 radical (unpaired) electrons. The normalized spacial score (nSPS) is 15.7. The van der Waals surface area contributed by atoms with Gasteiger partial charge >= 0.3 is 13.7 Å². The van der Waals surface area contributed by atoms with E-state index >= 15 is 0 Å². The number of anilines is 13. The minimum Gasteiger partial charge on any atom is -0.376 e. The first kappa shape index (κ1) is 84.8. The van der Waals surface area contributed by atoms with Gasteiger partial charge in [-0.05, 0) is 331 Å². The lowest BCUT2D eigenvalue weighted by molar-refractivity contribution is 0.332. The van der Waals surface area contributed by atoms with E-state index in [1.807, 2.05) is 11.3 Å². The molecule has 0 atom stereocenters. The van der Waals surface area contributed by atoms with E-state index < -0.39 is 5.41 Å². The molecule has 27 rings (SSSR count). The van der Waals surface area contributed by atoms with Gasteiger partial charge < -0.3 is 24.3 Å². The van der Waals surface area contributed by atoms with Crippen molar-refractivity contribution in [1.29, 1.82) is 0 Å². The van der Waals surface area contributed by atoms with Gasteiger partial charge in [0, 0.05) is 100 Å². The smallest absolute Gasteiger partial charge is 0.333 e. The number of benzene rings is 19. The highest BCUT2D eigenvalue weighted by atomic mass is 32.1. The van der Waals surface area contributed by atoms with E-state index in [9.17, 15) is 0 Å². The van der Waals surface area contributed by atoms with E-state index in [1.165, 1.54) is 193 Å². The molecule has 0 N–H and O–H groups in total. The summed E-state index contributed by atoms with van der Waals surface area (Å²) >= 11 is 1.91. The number of hydrogen-bond donors (Lipinski definition) is 0. The Hall–Kier alpha value is -15.5. The molecular formula is C133H107B2N5S. The Kier molecular flexibility index (Phi) is 19.1. The SMILES string of the molecule is CC1(C)CCC(C)(C)c2cc(N3B4c5cc6c(cc5N(c5ccc(-c7ccccc7)cc5)c5c4c(cc4c5C(C)(C)c5ccc(-c7ccc(-c8ccc(N9B%10c%11cc(-c%12ccccc%12)ccc%11N(c%11ccc(-c%12ccccc%12)cc%11)c%11c%10c(cc%10c%11sc%11ccccc%11%10)-c%10cc(N(c%11ccccc%11)c%11ccccc%11)ccc%109)cc8)cc7)cc5-4)-c4cc(-c5ccccc5)ccc43)C(C)(C)CCC6(C)C)ccc21. The highest BCUT2D eigenvalue weighted by molar-refractivity contribution is 7.26. The van der Waals surface area contributed by atoms with Gasteiger partial charge in [0.15, 0.2) is 0 Å². The van der Waals surface area contributed by atoms with Crippen LogP contribution in [-0.4, -0.2) is 13.7 Å². The molecule has 20 aromatic rings. The van der Waals surface area contributed by atoms with Crippen LogP contribution >= 0.6 is 11.3 Å². The maximum absolute atomic E-state index is 2.82. The quantitative estimate of drug-likeness (QED) is 0.107.